The third-order valence-electron chi connectivity index (χ3n) is 1.61. The third-order valence-corrected chi connectivity index (χ3v) is 1.61. The van der Waals surface area contributed by atoms with Crippen molar-refractivity contribution in [1.82, 2.24) is 0 Å². The van der Waals surface area contributed by atoms with Crippen LogP contribution in [-0.2, 0) is 4.79 Å². The molecule has 0 unspecified atom stereocenters. The van der Waals surface area contributed by atoms with Gasteiger partial charge in [0.25, 0.3) is 0 Å². The first-order chi connectivity index (χ1) is 6.58. The van der Waals surface area contributed by atoms with Crippen LogP contribution in [0.15, 0.2) is 36.0 Å². The molecule has 0 bridgehead atoms. The Bertz CT molecular complexity index is 354. The Balaban J connectivity index is 2.69. The van der Waals surface area contributed by atoms with E-state index in [4.69, 9.17) is 0 Å². The van der Waals surface area contributed by atoms with Crippen molar-refractivity contribution >= 4 is 11.5 Å². The van der Waals surface area contributed by atoms with E-state index < -0.39 is 0 Å². The van der Waals surface area contributed by atoms with Crippen LogP contribution in [0.3, 0.4) is 0 Å². The molecule has 3 heteroatoms. The Morgan fingerprint density at radius 3 is 2.36 bits per heavy atom. The number of hydrogen-bond donors (Lipinski definition) is 1. The molecular formula is C11H12FNO. The molecular weight excluding hydrogens is 181 g/mol. The molecule has 1 N–H and O–H groups in total. The largest absolute Gasteiger partial charge is 0.359 e. The fraction of sp³-hybridized carbons (Fsp3) is 0.182. The Morgan fingerprint density at radius 1 is 1.29 bits per heavy atom. The minimum absolute atomic E-state index is 0.0166. The summed E-state index contributed by atoms with van der Waals surface area (Å²) < 4.78 is 12.5. The van der Waals surface area contributed by atoms with Crippen molar-refractivity contribution in [2.24, 2.45) is 0 Å². The van der Waals surface area contributed by atoms with E-state index in [1.165, 1.54) is 25.1 Å². The summed E-state index contributed by atoms with van der Waals surface area (Å²) in [5, 5.41) is 2.97. The van der Waals surface area contributed by atoms with Crippen molar-refractivity contribution in [1.29, 1.82) is 0 Å². The Hall–Kier alpha value is -1.64. The summed E-state index contributed by atoms with van der Waals surface area (Å²) in [5.74, 6) is -0.291. The Kier molecular flexibility index (Phi) is 3.40. The van der Waals surface area contributed by atoms with Crippen molar-refractivity contribution in [2.75, 3.05) is 5.32 Å². The zero-order valence-corrected chi connectivity index (χ0v) is 8.17. The van der Waals surface area contributed by atoms with Gasteiger partial charge in [0.1, 0.15) is 5.82 Å². The molecule has 1 aromatic carbocycles. The average Bonchev–Trinajstić information content (AvgIpc) is 2.07. The highest BCUT2D eigenvalue weighted by molar-refractivity contribution is 5.88. The van der Waals surface area contributed by atoms with Crippen LogP contribution >= 0.6 is 0 Å². The van der Waals surface area contributed by atoms with Gasteiger partial charge in [-0.25, -0.2) is 4.39 Å². The molecule has 1 rings (SSSR count). The van der Waals surface area contributed by atoms with Gasteiger partial charge in [-0.3, -0.25) is 4.79 Å². The maximum atomic E-state index is 12.5. The summed E-state index contributed by atoms with van der Waals surface area (Å²) in [6.45, 7) is 3.26. The van der Waals surface area contributed by atoms with E-state index in [1.807, 2.05) is 0 Å². The number of anilines is 1. The summed E-state index contributed by atoms with van der Waals surface area (Å²) in [4.78, 5) is 10.7. The molecule has 0 heterocycles. The molecule has 0 fully saturated rings. The van der Waals surface area contributed by atoms with E-state index in [0.29, 0.717) is 0 Å². The van der Waals surface area contributed by atoms with Crippen molar-refractivity contribution < 1.29 is 9.18 Å². The number of allylic oxidation sites excluding steroid dienone is 2. The predicted molar refractivity (Wildman–Crippen MR) is 54.5 cm³/mol. The predicted octanol–water partition coefficient (Wildman–Crippen LogP) is 2.73. The fourth-order valence-corrected chi connectivity index (χ4v) is 1.10. The number of nitrogens with one attached hydrogen (secondary N) is 1. The van der Waals surface area contributed by atoms with E-state index in [1.54, 1.807) is 19.1 Å². The molecule has 0 aliphatic rings. The number of benzene rings is 1. The summed E-state index contributed by atoms with van der Waals surface area (Å²) in [6, 6.07) is 5.96. The van der Waals surface area contributed by atoms with Crippen LogP contribution in [0.4, 0.5) is 10.1 Å². The van der Waals surface area contributed by atoms with Gasteiger partial charge >= 0.3 is 0 Å². The van der Waals surface area contributed by atoms with E-state index in [2.05, 4.69) is 5.32 Å². The first-order valence-electron chi connectivity index (χ1n) is 4.29. The zero-order chi connectivity index (χ0) is 10.6. The monoisotopic (exact) mass is 193 g/mol. The number of carbonyl (C=O) groups excluding carboxylic acids is 1. The van der Waals surface area contributed by atoms with Gasteiger partial charge in [-0.2, -0.15) is 0 Å². The highest BCUT2D eigenvalue weighted by Gasteiger charge is 1.94. The number of ketones is 1. The second-order valence-electron chi connectivity index (χ2n) is 3.07. The SMILES string of the molecule is CC(=O)/C=C(/C)Nc1ccc(F)cc1. The van der Waals surface area contributed by atoms with Gasteiger partial charge in [0.15, 0.2) is 5.78 Å². The summed E-state index contributed by atoms with van der Waals surface area (Å²) >= 11 is 0. The Labute approximate surface area is 82.4 Å². The zero-order valence-electron chi connectivity index (χ0n) is 8.17. The van der Waals surface area contributed by atoms with Crippen molar-refractivity contribution in [2.45, 2.75) is 13.8 Å². The van der Waals surface area contributed by atoms with Gasteiger partial charge in [-0.15, -0.1) is 0 Å². The number of carbonyl (C=O) groups is 1. The third kappa shape index (κ3) is 3.39. The van der Waals surface area contributed by atoms with Crippen LogP contribution in [0.5, 0.6) is 0 Å². The van der Waals surface area contributed by atoms with Crippen molar-refractivity contribution in [3.05, 3.63) is 41.9 Å². The molecule has 0 radical (unpaired) electrons. The van der Waals surface area contributed by atoms with E-state index in [-0.39, 0.29) is 11.6 Å². The van der Waals surface area contributed by atoms with Gasteiger partial charge in [0, 0.05) is 11.4 Å². The molecule has 14 heavy (non-hydrogen) atoms. The minimum Gasteiger partial charge on any atom is -0.359 e. The van der Waals surface area contributed by atoms with Gasteiger partial charge in [0.05, 0.1) is 0 Å². The number of rotatable bonds is 3. The average molecular weight is 193 g/mol. The molecule has 0 aliphatic heterocycles. The second-order valence-corrected chi connectivity index (χ2v) is 3.07. The quantitative estimate of drug-likeness (QED) is 0.748. The lowest BCUT2D eigenvalue weighted by Gasteiger charge is -2.05. The first-order valence-corrected chi connectivity index (χ1v) is 4.29. The number of halogens is 1. The molecule has 2 nitrogen and oxygen atoms in total. The van der Waals surface area contributed by atoms with Gasteiger partial charge < -0.3 is 5.32 Å². The molecule has 0 saturated heterocycles. The number of hydrogen-bond acceptors (Lipinski definition) is 2. The molecule has 74 valence electrons. The van der Waals surface area contributed by atoms with Gasteiger partial charge in [-0.1, -0.05) is 0 Å². The summed E-state index contributed by atoms with van der Waals surface area (Å²) in [7, 11) is 0. The molecule has 0 atom stereocenters. The minimum atomic E-state index is -0.274. The molecule has 1 aromatic rings. The van der Waals surface area contributed by atoms with E-state index in [0.717, 1.165) is 11.4 Å². The van der Waals surface area contributed by atoms with Gasteiger partial charge in [0.2, 0.25) is 0 Å². The van der Waals surface area contributed by atoms with Crippen LogP contribution in [0.25, 0.3) is 0 Å². The van der Waals surface area contributed by atoms with Crippen molar-refractivity contribution in [3.8, 4) is 0 Å². The normalized spacial score (nSPS) is 11.2. The topological polar surface area (TPSA) is 29.1 Å². The molecule has 0 amide bonds. The molecule has 0 spiro atoms. The highest BCUT2D eigenvalue weighted by Crippen LogP contribution is 2.10. The first kappa shape index (κ1) is 10.4. The highest BCUT2D eigenvalue weighted by atomic mass is 19.1. The molecule has 0 saturated carbocycles. The second kappa shape index (κ2) is 4.56. The van der Waals surface area contributed by atoms with Crippen LogP contribution in [-0.4, -0.2) is 5.78 Å². The maximum absolute atomic E-state index is 12.5. The maximum Gasteiger partial charge on any atom is 0.154 e. The van der Waals surface area contributed by atoms with Crippen LogP contribution < -0.4 is 5.32 Å². The van der Waals surface area contributed by atoms with E-state index in [9.17, 15) is 9.18 Å². The summed E-state index contributed by atoms with van der Waals surface area (Å²) in [6.07, 6.45) is 1.49. The van der Waals surface area contributed by atoms with E-state index >= 15 is 0 Å². The smallest absolute Gasteiger partial charge is 0.154 e. The van der Waals surface area contributed by atoms with Gasteiger partial charge in [-0.05, 0) is 44.2 Å². The van der Waals surface area contributed by atoms with Crippen molar-refractivity contribution in [3.63, 3.8) is 0 Å². The lowest BCUT2D eigenvalue weighted by molar-refractivity contribution is -0.112. The van der Waals surface area contributed by atoms with Crippen LogP contribution in [0.2, 0.25) is 0 Å². The van der Waals surface area contributed by atoms with Crippen LogP contribution in [0.1, 0.15) is 13.8 Å². The lowest BCUT2D eigenvalue weighted by atomic mass is 10.3. The summed E-state index contributed by atoms with van der Waals surface area (Å²) in [5.41, 5.74) is 1.51. The lowest BCUT2D eigenvalue weighted by Crippen LogP contribution is -1.97. The van der Waals surface area contributed by atoms with Crippen LogP contribution in [0, 0.1) is 5.82 Å². The Morgan fingerprint density at radius 2 is 1.86 bits per heavy atom. The standard InChI is InChI=1S/C11H12FNO/c1-8(7-9(2)14)13-11-5-3-10(12)4-6-11/h3-7,13H,1-2H3/b8-7-. The molecule has 0 aromatic heterocycles. The molecule has 0 aliphatic carbocycles. The fourth-order valence-electron chi connectivity index (χ4n) is 1.10.